The average Bonchev–Trinajstić information content (AvgIpc) is 2.41. The minimum absolute atomic E-state index is 0.183. The van der Waals surface area contributed by atoms with Crippen molar-refractivity contribution in [2.45, 2.75) is 20.0 Å². The van der Waals surface area contributed by atoms with Crippen LogP contribution in [0.1, 0.15) is 27.0 Å². The molecular weight excluding hydrogens is 279 g/mol. The van der Waals surface area contributed by atoms with E-state index in [0.29, 0.717) is 5.69 Å². The van der Waals surface area contributed by atoms with E-state index in [2.05, 4.69) is 5.32 Å². The number of halogens is 3. The van der Waals surface area contributed by atoms with E-state index in [1.165, 1.54) is 12.1 Å². The maximum Gasteiger partial charge on any atom is 0.416 e. The van der Waals surface area contributed by atoms with Gasteiger partial charge in [-0.15, -0.1) is 0 Å². The van der Waals surface area contributed by atoms with E-state index in [9.17, 15) is 18.0 Å². The van der Waals surface area contributed by atoms with Gasteiger partial charge in [0.2, 0.25) is 0 Å². The van der Waals surface area contributed by atoms with Gasteiger partial charge in [-0.3, -0.25) is 4.79 Å². The number of benzene rings is 2. The van der Waals surface area contributed by atoms with Gasteiger partial charge in [-0.2, -0.15) is 13.2 Å². The second kappa shape index (κ2) is 5.60. The number of carbonyl (C=O) groups is 1. The van der Waals surface area contributed by atoms with Gasteiger partial charge in [0.1, 0.15) is 0 Å². The summed E-state index contributed by atoms with van der Waals surface area (Å²) in [6, 6.07) is 9.68. The van der Waals surface area contributed by atoms with Gasteiger partial charge < -0.3 is 5.32 Å². The number of alkyl halides is 3. The number of carbonyl (C=O) groups excluding carboxylic acids is 1. The molecule has 1 N–H and O–H groups in total. The van der Waals surface area contributed by atoms with Gasteiger partial charge in [0.05, 0.1) is 5.56 Å². The van der Waals surface area contributed by atoms with Crippen molar-refractivity contribution in [1.29, 1.82) is 0 Å². The van der Waals surface area contributed by atoms with Crippen LogP contribution in [0.5, 0.6) is 0 Å². The molecular formula is C16H14F3NO. The molecule has 110 valence electrons. The lowest BCUT2D eigenvalue weighted by molar-refractivity contribution is -0.137. The van der Waals surface area contributed by atoms with Gasteiger partial charge in [-0.25, -0.2) is 0 Å². The van der Waals surface area contributed by atoms with Crippen molar-refractivity contribution in [2.24, 2.45) is 0 Å². The maximum atomic E-state index is 12.5. The molecule has 2 aromatic carbocycles. The van der Waals surface area contributed by atoms with E-state index < -0.39 is 17.6 Å². The molecule has 0 aromatic heterocycles. The quantitative estimate of drug-likeness (QED) is 0.863. The third-order valence-corrected chi connectivity index (χ3v) is 3.10. The number of nitrogens with one attached hydrogen (secondary N) is 1. The topological polar surface area (TPSA) is 29.1 Å². The van der Waals surface area contributed by atoms with E-state index >= 15 is 0 Å². The summed E-state index contributed by atoms with van der Waals surface area (Å²) >= 11 is 0. The van der Waals surface area contributed by atoms with Crippen LogP contribution in [0.25, 0.3) is 0 Å². The summed E-state index contributed by atoms with van der Waals surface area (Å²) in [4.78, 5) is 12.0. The fourth-order valence-electron chi connectivity index (χ4n) is 1.96. The van der Waals surface area contributed by atoms with E-state index in [-0.39, 0.29) is 5.56 Å². The Morgan fingerprint density at radius 2 is 1.62 bits per heavy atom. The predicted molar refractivity (Wildman–Crippen MR) is 75.3 cm³/mol. The Balaban J connectivity index is 2.17. The molecule has 0 saturated carbocycles. The van der Waals surface area contributed by atoms with Crippen molar-refractivity contribution in [2.75, 3.05) is 5.32 Å². The summed E-state index contributed by atoms with van der Waals surface area (Å²) in [5, 5.41) is 2.69. The number of hydrogen-bond donors (Lipinski definition) is 1. The summed E-state index contributed by atoms with van der Waals surface area (Å²) in [5.74, 6) is -0.435. The second-order valence-electron chi connectivity index (χ2n) is 4.85. The van der Waals surface area contributed by atoms with Gasteiger partial charge in [0, 0.05) is 11.3 Å². The van der Waals surface area contributed by atoms with E-state index in [4.69, 9.17) is 0 Å². The van der Waals surface area contributed by atoms with Crippen molar-refractivity contribution >= 4 is 11.6 Å². The zero-order chi connectivity index (χ0) is 15.6. The molecule has 0 aliphatic carbocycles. The first-order valence-corrected chi connectivity index (χ1v) is 6.33. The van der Waals surface area contributed by atoms with Crippen LogP contribution in [-0.2, 0) is 6.18 Å². The monoisotopic (exact) mass is 293 g/mol. The van der Waals surface area contributed by atoms with E-state index in [0.717, 1.165) is 23.3 Å². The van der Waals surface area contributed by atoms with Crippen LogP contribution >= 0.6 is 0 Å². The van der Waals surface area contributed by atoms with Gasteiger partial charge >= 0.3 is 6.18 Å². The molecule has 2 aromatic rings. The third kappa shape index (κ3) is 3.62. The normalized spacial score (nSPS) is 11.3. The van der Waals surface area contributed by atoms with Gasteiger partial charge in [-0.05, 0) is 49.7 Å². The minimum Gasteiger partial charge on any atom is -0.322 e. The summed E-state index contributed by atoms with van der Waals surface area (Å²) in [5.41, 5.74) is 2.02. The van der Waals surface area contributed by atoms with Crippen LogP contribution in [0.15, 0.2) is 42.5 Å². The lowest BCUT2D eigenvalue weighted by Gasteiger charge is -2.10. The Morgan fingerprint density at radius 1 is 1.00 bits per heavy atom. The smallest absolute Gasteiger partial charge is 0.322 e. The second-order valence-corrected chi connectivity index (χ2v) is 4.85. The van der Waals surface area contributed by atoms with Gasteiger partial charge in [0.25, 0.3) is 5.91 Å². The first-order chi connectivity index (χ1) is 9.77. The Kier molecular flexibility index (Phi) is 4.02. The van der Waals surface area contributed by atoms with Gasteiger partial charge in [0.15, 0.2) is 0 Å². The molecule has 0 aliphatic rings. The predicted octanol–water partition coefficient (Wildman–Crippen LogP) is 4.57. The summed E-state index contributed by atoms with van der Waals surface area (Å²) in [6.07, 6.45) is -4.40. The van der Waals surface area contributed by atoms with Crippen LogP contribution in [0, 0.1) is 13.8 Å². The number of anilines is 1. The lowest BCUT2D eigenvalue weighted by atomic mass is 10.1. The Hall–Kier alpha value is -2.30. The molecule has 2 rings (SSSR count). The Bertz CT molecular complexity index is 660. The molecule has 5 heteroatoms. The van der Waals surface area contributed by atoms with Crippen LogP contribution in [0.2, 0.25) is 0 Å². The molecule has 0 atom stereocenters. The molecule has 0 unspecified atom stereocenters. The fraction of sp³-hybridized carbons (Fsp3) is 0.188. The highest BCUT2D eigenvalue weighted by molar-refractivity contribution is 6.04. The Morgan fingerprint density at radius 3 is 2.14 bits per heavy atom. The van der Waals surface area contributed by atoms with Crippen molar-refractivity contribution < 1.29 is 18.0 Å². The van der Waals surface area contributed by atoms with E-state index in [1.54, 1.807) is 6.07 Å². The standard InChI is InChI=1S/C16H14F3NO/c1-10-3-8-14(11(2)9-10)20-15(21)12-4-6-13(7-5-12)16(17,18)19/h3-9H,1-2H3,(H,20,21). The van der Waals surface area contributed by atoms with Crippen LogP contribution < -0.4 is 5.32 Å². The van der Waals surface area contributed by atoms with Crippen molar-refractivity contribution in [3.05, 3.63) is 64.7 Å². The van der Waals surface area contributed by atoms with Crippen LogP contribution in [-0.4, -0.2) is 5.91 Å². The molecule has 0 heterocycles. The number of hydrogen-bond acceptors (Lipinski definition) is 1. The summed E-state index contributed by atoms with van der Waals surface area (Å²) in [6.45, 7) is 3.80. The molecule has 0 radical (unpaired) electrons. The molecule has 21 heavy (non-hydrogen) atoms. The van der Waals surface area contributed by atoms with Crippen LogP contribution in [0.4, 0.5) is 18.9 Å². The molecule has 0 saturated heterocycles. The molecule has 2 nitrogen and oxygen atoms in total. The summed E-state index contributed by atoms with van der Waals surface area (Å²) < 4.78 is 37.4. The molecule has 1 amide bonds. The molecule has 0 fully saturated rings. The zero-order valence-electron chi connectivity index (χ0n) is 11.6. The average molecular weight is 293 g/mol. The fourth-order valence-corrected chi connectivity index (χ4v) is 1.96. The number of amides is 1. The van der Waals surface area contributed by atoms with E-state index in [1.807, 2.05) is 26.0 Å². The molecule has 0 aliphatic heterocycles. The maximum absolute atomic E-state index is 12.5. The highest BCUT2D eigenvalue weighted by Gasteiger charge is 2.30. The first-order valence-electron chi connectivity index (χ1n) is 6.33. The van der Waals surface area contributed by atoms with Crippen molar-refractivity contribution in [3.8, 4) is 0 Å². The van der Waals surface area contributed by atoms with Crippen molar-refractivity contribution in [3.63, 3.8) is 0 Å². The zero-order valence-corrected chi connectivity index (χ0v) is 11.6. The molecule has 0 spiro atoms. The van der Waals surface area contributed by atoms with Crippen molar-refractivity contribution in [1.82, 2.24) is 0 Å². The number of rotatable bonds is 2. The Labute approximate surface area is 120 Å². The highest BCUT2D eigenvalue weighted by atomic mass is 19.4. The highest BCUT2D eigenvalue weighted by Crippen LogP contribution is 2.29. The number of aryl methyl sites for hydroxylation is 2. The first kappa shape index (κ1) is 15.1. The third-order valence-electron chi connectivity index (χ3n) is 3.10. The molecule has 0 bridgehead atoms. The lowest BCUT2D eigenvalue weighted by Crippen LogP contribution is -2.13. The van der Waals surface area contributed by atoms with Crippen LogP contribution in [0.3, 0.4) is 0 Å². The summed E-state index contributed by atoms with van der Waals surface area (Å²) in [7, 11) is 0. The largest absolute Gasteiger partial charge is 0.416 e. The SMILES string of the molecule is Cc1ccc(NC(=O)c2ccc(C(F)(F)F)cc2)c(C)c1. The van der Waals surface area contributed by atoms with Gasteiger partial charge in [-0.1, -0.05) is 17.7 Å². The minimum atomic E-state index is -4.40.